The average Bonchev–Trinajstić information content (AvgIpc) is 2.83. The maximum atomic E-state index is 13.7. The zero-order valence-corrected chi connectivity index (χ0v) is 20.9. The molecule has 1 aliphatic heterocycles. The van der Waals surface area contributed by atoms with Crippen LogP contribution >= 0.6 is 0 Å². The number of ether oxygens (including phenoxy) is 1. The Morgan fingerprint density at radius 3 is 2.27 bits per heavy atom. The number of alkyl halides is 6. The number of rotatable bonds is 6. The predicted octanol–water partition coefficient (Wildman–Crippen LogP) is 6.83. The number of morpholine rings is 1. The number of azo groups is 1. The molecular formula is C24H21F8N7O. The number of aromatic nitrogens is 3. The molecule has 0 radical (unpaired) electrons. The maximum absolute atomic E-state index is 13.7. The van der Waals surface area contributed by atoms with Gasteiger partial charge in [-0.2, -0.15) is 46.4 Å². The molecule has 214 valence electrons. The Balaban J connectivity index is 1.65. The fourth-order valence-corrected chi connectivity index (χ4v) is 3.97. The highest BCUT2D eigenvalue weighted by Crippen LogP contribution is 2.34. The van der Waals surface area contributed by atoms with Crippen molar-refractivity contribution in [1.82, 2.24) is 15.0 Å². The summed E-state index contributed by atoms with van der Waals surface area (Å²) in [7, 11) is 0. The van der Waals surface area contributed by atoms with Gasteiger partial charge in [0, 0.05) is 18.8 Å². The monoisotopic (exact) mass is 575 g/mol. The topological polar surface area (TPSA) is 87.9 Å². The first-order valence-corrected chi connectivity index (χ1v) is 11.7. The van der Waals surface area contributed by atoms with E-state index >= 15 is 0 Å². The molecule has 0 aliphatic carbocycles. The van der Waals surface area contributed by atoms with Gasteiger partial charge in [-0.25, -0.2) is 8.78 Å². The molecule has 2 aromatic carbocycles. The second-order valence-electron chi connectivity index (χ2n) is 8.98. The van der Waals surface area contributed by atoms with Gasteiger partial charge in [-0.3, -0.25) is 0 Å². The Kier molecular flexibility index (Phi) is 8.18. The number of benzene rings is 2. The molecule has 1 fully saturated rings. The molecule has 0 spiro atoms. The van der Waals surface area contributed by atoms with Crippen LogP contribution in [0, 0.1) is 11.6 Å². The third-order valence-corrected chi connectivity index (χ3v) is 5.54. The summed E-state index contributed by atoms with van der Waals surface area (Å²) >= 11 is 0. The molecule has 40 heavy (non-hydrogen) atoms. The van der Waals surface area contributed by atoms with Gasteiger partial charge in [-0.05, 0) is 55.8 Å². The SMILES string of the molecule is CC1CN(c2nc(N=NCc3cc(F)cc(C(F)(F)F)c3)nc(Nc3ccc(F)c(C(F)(F)F)c3)n2)CC(C)O1. The van der Waals surface area contributed by atoms with Crippen molar-refractivity contribution >= 4 is 23.5 Å². The third-order valence-electron chi connectivity index (χ3n) is 5.54. The summed E-state index contributed by atoms with van der Waals surface area (Å²) in [6.45, 7) is 3.87. The Morgan fingerprint density at radius 1 is 0.925 bits per heavy atom. The molecule has 0 amide bonds. The minimum Gasteiger partial charge on any atom is -0.372 e. The van der Waals surface area contributed by atoms with E-state index in [1.54, 1.807) is 4.90 Å². The van der Waals surface area contributed by atoms with Gasteiger partial charge in [0.25, 0.3) is 5.95 Å². The van der Waals surface area contributed by atoms with Gasteiger partial charge in [0.1, 0.15) is 11.6 Å². The lowest BCUT2D eigenvalue weighted by atomic mass is 10.1. The summed E-state index contributed by atoms with van der Waals surface area (Å²) in [5, 5.41) is 10.1. The number of halogens is 8. The zero-order valence-electron chi connectivity index (χ0n) is 20.9. The predicted molar refractivity (Wildman–Crippen MR) is 126 cm³/mol. The molecular weight excluding hydrogens is 554 g/mol. The first-order valence-electron chi connectivity index (χ1n) is 11.7. The number of anilines is 3. The van der Waals surface area contributed by atoms with E-state index in [1.165, 1.54) is 0 Å². The van der Waals surface area contributed by atoms with Crippen LogP contribution in [0.4, 0.5) is 58.7 Å². The summed E-state index contributed by atoms with van der Waals surface area (Å²) in [5.41, 5.74) is -3.00. The van der Waals surface area contributed by atoms with E-state index in [2.05, 4.69) is 30.5 Å². The van der Waals surface area contributed by atoms with Crippen molar-refractivity contribution in [2.75, 3.05) is 23.3 Å². The van der Waals surface area contributed by atoms with Crippen molar-refractivity contribution < 1.29 is 39.9 Å². The summed E-state index contributed by atoms with van der Waals surface area (Å²) in [6, 6.07) is 4.16. The fraction of sp³-hybridized carbons (Fsp3) is 0.375. The van der Waals surface area contributed by atoms with Crippen LogP contribution in [0.2, 0.25) is 0 Å². The van der Waals surface area contributed by atoms with E-state index in [0.717, 1.165) is 18.2 Å². The zero-order chi connectivity index (χ0) is 29.2. The standard InChI is InChI=1S/C24H21F8N7O/c1-12-10-39(11-13(2)40-12)22-36-20(34-17-3-4-19(26)18(8-17)24(30,31)32)35-21(37-22)38-33-9-14-5-15(23(27,28)29)7-16(25)6-14/h3-8,12-13H,9-11H2,1-2H3,(H,34,35,36,37). The second-order valence-corrected chi connectivity index (χ2v) is 8.98. The van der Waals surface area contributed by atoms with Crippen LogP contribution < -0.4 is 10.2 Å². The van der Waals surface area contributed by atoms with Gasteiger partial charge >= 0.3 is 12.4 Å². The Hall–Kier alpha value is -3.95. The quantitative estimate of drug-likeness (QED) is 0.256. The number of nitrogens with zero attached hydrogens (tertiary/aromatic N) is 6. The maximum Gasteiger partial charge on any atom is 0.419 e. The lowest BCUT2D eigenvalue weighted by molar-refractivity contribution is -0.140. The molecule has 1 aliphatic rings. The first kappa shape index (κ1) is 29.0. The minimum atomic E-state index is -4.95. The molecule has 4 rings (SSSR count). The lowest BCUT2D eigenvalue weighted by Gasteiger charge is -2.35. The Morgan fingerprint density at radius 2 is 1.62 bits per heavy atom. The van der Waals surface area contributed by atoms with E-state index in [9.17, 15) is 35.1 Å². The van der Waals surface area contributed by atoms with Crippen LogP contribution in [0.15, 0.2) is 46.6 Å². The van der Waals surface area contributed by atoms with Crippen molar-refractivity contribution in [2.45, 2.75) is 45.0 Å². The van der Waals surface area contributed by atoms with Gasteiger partial charge < -0.3 is 15.0 Å². The average molecular weight is 575 g/mol. The van der Waals surface area contributed by atoms with Crippen LogP contribution in [0.3, 0.4) is 0 Å². The molecule has 1 saturated heterocycles. The highest BCUT2D eigenvalue weighted by atomic mass is 19.4. The second kappa shape index (κ2) is 11.3. The van der Waals surface area contributed by atoms with Crippen molar-refractivity contribution in [3.8, 4) is 0 Å². The highest BCUT2D eigenvalue weighted by Gasteiger charge is 2.34. The normalized spacial score (nSPS) is 18.4. The molecule has 2 atom stereocenters. The molecule has 1 aromatic heterocycles. The van der Waals surface area contributed by atoms with Crippen molar-refractivity contribution in [1.29, 1.82) is 0 Å². The van der Waals surface area contributed by atoms with Gasteiger partial charge in [0.2, 0.25) is 11.9 Å². The summed E-state index contributed by atoms with van der Waals surface area (Å²) in [6.07, 6.45) is -10.2. The van der Waals surface area contributed by atoms with E-state index in [0.29, 0.717) is 31.3 Å². The Bertz CT molecular complexity index is 1390. The van der Waals surface area contributed by atoms with E-state index in [1.807, 2.05) is 13.8 Å². The van der Waals surface area contributed by atoms with E-state index < -0.39 is 41.7 Å². The van der Waals surface area contributed by atoms with Crippen LogP contribution in [0.1, 0.15) is 30.5 Å². The van der Waals surface area contributed by atoms with Crippen LogP contribution in [0.5, 0.6) is 0 Å². The highest BCUT2D eigenvalue weighted by molar-refractivity contribution is 5.57. The van der Waals surface area contributed by atoms with Crippen LogP contribution in [-0.4, -0.2) is 40.2 Å². The third kappa shape index (κ3) is 7.37. The molecule has 16 heteroatoms. The van der Waals surface area contributed by atoms with E-state index in [-0.39, 0.29) is 41.3 Å². The van der Waals surface area contributed by atoms with Crippen molar-refractivity contribution in [2.24, 2.45) is 10.2 Å². The van der Waals surface area contributed by atoms with Crippen LogP contribution in [-0.2, 0) is 23.6 Å². The lowest BCUT2D eigenvalue weighted by Crippen LogP contribution is -2.46. The first-order chi connectivity index (χ1) is 18.7. The smallest absolute Gasteiger partial charge is 0.372 e. The van der Waals surface area contributed by atoms with E-state index in [4.69, 9.17) is 4.74 Å². The molecule has 0 bridgehead atoms. The molecule has 8 nitrogen and oxygen atoms in total. The van der Waals surface area contributed by atoms with Crippen LogP contribution in [0.25, 0.3) is 0 Å². The molecule has 1 N–H and O–H groups in total. The molecule has 2 heterocycles. The number of nitrogens with one attached hydrogen (secondary N) is 1. The van der Waals surface area contributed by atoms with Crippen molar-refractivity contribution in [3.63, 3.8) is 0 Å². The molecule has 0 saturated carbocycles. The fourth-order valence-electron chi connectivity index (χ4n) is 3.97. The Labute approximate surface area is 222 Å². The largest absolute Gasteiger partial charge is 0.419 e. The van der Waals surface area contributed by atoms with Crippen molar-refractivity contribution in [3.05, 3.63) is 64.7 Å². The summed E-state index contributed by atoms with van der Waals surface area (Å²) < 4.78 is 112. The van der Waals surface area contributed by atoms with Gasteiger partial charge in [0.05, 0.1) is 29.9 Å². The molecule has 2 unspecified atom stereocenters. The van der Waals surface area contributed by atoms with Gasteiger partial charge in [-0.15, -0.1) is 5.11 Å². The summed E-state index contributed by atoms with van der Waals surface area (Å²) in [5.74, 6) is -3.09. The molecule has 3 aromatic rings. The number of hydrogen-bond donors (Lipinski definition) is 1. The minimum absolute atomic E-state index is 0.0664. The van der Waals surface area contributed by atoms with Gasteiger partial charge in [-0.1, -0.05) is 0 Å². The number of hydrogen-bond acceptors (Lipinski definition) is 8. The van der Waals surface area contributed by atoms with Gasteiger partial charge in [0.15, 0.2) is 0 Å². The summed E-state index contributed by atoms with van der Waals surface area (Å²) in [4.78, 5) is 14.2.